The Balaban J connectivity index is 2.65. The van der Waals surface area contributed by atoms with Crippen LogP contribution in [0, 0.1) is 5.92 Å². The molecule has 1 aliphatic heterocycles. The zero-order chi connectivity index (χ0) is 9.30. The Bertz CT molecular complexity index is 172. The summed E-state index contributed by atoms with van der Waals surface area (Å²) in [4.78, 5) is 2.56. The van der Waals surface area contributed by atoms with Crippen LogP contribution in [0.5, 0.6) is 0 Å². The van der Waals surface area contributed by atoms with Crippen LogP contribution in [0.25, 0.3) is 0 Å². The smallest absolute Gasteiger partial charge is 0.0308 e. The van der Waals surface area contributed by atoms with Crippen LogP contribution in [0.3, 0.4) is 0 Å². The Morgan fingerprint density at radius 1 is 1.50 bits per heavy atom. The van der Waals surface area contributed by atoms with Gasteiger partial charge < -0.3 is 0 Å². The molecule has 0 bridgehead atoms. The monoisotopic (exact) mass is 167 g/mol. The van der Waals surface area contributed by atoms with Crippen molar-refractivity contribution in [3.05, 3.63) is 12.2 Å². The van der Waals surface area contributed by atoms with E-state index in [1.165, 1.54) is 18.5 Å². The summed E-state index contributed by atoms with van der Waals surface area (Å²) in [5, 5.41) is 0. The van der Waals surface area contributed by atoms with Gasteiger partial charge in [-0.25, -0.2) is 0 Å². The molecule has 0 aromatic rings. The van der Waals surface area contributed by atoms with Gasteiger partial charge in [-0.15, -0.1) is 0 Å². The predicted octanol–water partition coefficient (Wildman–Crippen LogP) is 2.68. The highest BCUT2D eigenvalue weighted by molar-refractivity contribution is 5.06. The molecule has 0 aromatic carbocycles. The average Bonchev–Trinajstić information content (AvgIpc) is 2.31. The molecule has 0 aromatic heterocycles. The first-order valence-electron chi connectivity index (χ1n) is 4.93. The molecule has 1 aliphatic rings. The topological polar surface area (TPSA) is 3.24 Å². The Labute approximate surface area is 76.5 Å². The number of hydrogen-bond donors (Lipinski definition) is 0. The van der Waals surface area contributed by atoms with Crippen molar-refractivity contribution in [2.45, 2.75) is 46.2 Å². The Kier molecular flexibility index (Phi) is 2.94. The van der Waals surface area contributed by atoms with Crippen LogP contribution in [-0.4, -0.2) is 23.5 Å². The van der Waals surface area contributed by atoms with E-state index in [2.05, 4.69) is 39.2 Å². The minimum Gasteiger partial charge on any atom is -0.294 e. The first kappa shape index (κ1) is 9.79. The van der Waals surface area contributed by atoms with E-state index in [0.717, 1.165) is 5.92 Å². The summed E-state index contributed by atoms with van der Waals surface area (Å²) in [6, 6.07) is 1.30. The second kappa shape index (κ2) is 3.61. The maximum absolute atomic E-state index is 4.06. The number of nitrogens with zero attached hydrogens (tertiary/aromatic N) is 1. The summed E-state index contributed by atoms with van der Waals surface area (Å²) in [5.74, 6) is 0.842. The molecule has 0 radical (unpaired) electrons. The molecule has 0 spiro atoms. The van der Waals surface area contributed by atoms with E-state index in [1.54, 1.807) is 0 Å². The molecule has 70 valence electrons. The van der Waals surface area contributed by atoms with Gasteiger partial charge in [0.1, 0.15) is 0 Å². The molecular weight excluding hydrogens is 146 g/mol. The molecule has 2 atom stereocenters. The summed E-state index contributed by atoms with van der Waals surface area (Å²) >= 11 is 0. The molecular formula is C11H21N. The molecule has 1 heteroatoms. The summed E-state index contributed by atoms with van der Waals surface area (Å²) in [6.07, 6.45) is 1.30. The predicted molar refractivity (Wildman–Crippen MR) is 54.2 cm³/mol. The highest BCUT2D eigenvalue weighted by Crippen LogP contribution is 2.28. The third-order valence-electron chi connectivity index (χ3n) is 2.78. The van der Waals surface area contributed by atoms with Crippen LogP contribution in [0.4, 0.5) is 0 Å². The van der Waals surface area contributed by atoms with Gasteiger partial charge in [0.15, 0.2) is 0 Å². The van der Waals surface area contributed by atoms with Crippen LogP contribution in [0.15, 0.2) is 12.2 Å². The van der Waals surface area contributed by atoms with Crippen LogP contribution in [-0.2, 0) is 0 Å². The van der Waals surface area contributed by atoms with Gasteiger partial charge in [0.05, 0.1) is 0 Å². The van der Waals surface area contributed by atoms with E-state index >= 15 is 0 Å². The van der Waals surface area contributed by atoms with Gasteiger partial charge >= 0.3 is 0 Å². The first-order chi connectivity index (χ1) is 5.52. The molecule has 1 saturated heterocycles. The number of likely N-dealkylation sites (tertiary alicyclic amines) is 1. The van der Waals surface area contributed by atoms with Gasteiger partial charge in [0.2, 0.25) is 0 Å². The van der Waals surface area contributed by atoms with Crippen molar-refractivity contribution in [2.75, 3.05) is 6.54 Å². The van der Waals surface area contributed by atoms with Gasteiger partial charge in [-0.3, -0.25) is 4.90 Å². The second-order valence-electron chi connectivity index (χ2n) is 4.49. The molecule has 1 nitrogen and oxygen atoms in total. The van der Waals surface area contributed by atoms with Crippen molar-refractivity contribution in [1.82, 2.24) is 4.90 Å². The van der Waals surface area contributed by atoms with Gasteiger partial charge in [0, 0.05) is 18.6 Å². The second-order valence-corrected chi connectivity index (χ2v) is 4.49. The lowest BCUT2D eigenvalue weighted by Crippen LogP contribution is -2.36. The van der Waals surface area contributed by atoms with E-state index in [4.69, 9.17) is 0 Å². The third kappa shape index (κ3) is 1.89. The van der Waals surface area contributed by atoms with Gasteiger partial charge in [-0.05, 0) is 33.1 Å². The third-order valence-corrected chi connectivity index (χ3v) is 2.78. The zero-order valence-electron chi connectivity index (χ0n) is 8.80. The first-order valence-corrected chi connectivity index (χ1v) is 4.93. The fourth-order valence-corrected chi connectivity index (χ4v) is 2.13. The van der Waals surface area contributed by atoms with Gasteiger partial charge in [0.25, 0.3) is 0 Å². The van der Waals surface area contributed by atoms with Crippen molar-refractivity contribution in [3.8, 4) is 0 Å². The Morgan fingerprint density at radius 3 is 2.42 bits per heavy atom. The molecule has 0 aliphatic carbocycles. The summed E-state index contributed by atoms with van der Waals surface area (Å²) in [6.45, 7) is 14.3. The van der Waals surface area contributed by atoms with Crippen LogP contribution in [0.2, 0.25) is 0 Å². The normalized spacial score (nSPS) is 31.4. The van der Waals surface area contributed by atoms with Crippen LogP contribution in [0.1, 0.15) is 34.1 Å². The SMILES string of the molecule is C=C(C)[C@@H]1CC(C)CN1C(C)C. The molecule has 0 N–H and O–H groups in total. The lowest BCUT2D eigenvalue weighted by molar-refractivity contribution is 0.222. The van der Waals surface area contributed by atoms with Crippen molar-refractivity contribution in [2.24, 2.45) is 5.92 Å². The van der Waals surface area contributed by atoms with E-state index in [1.807, 2.05) is 0 Å². The Morgan fingerprint density at radius 2 is 2.08 bits per heavy atom. The van der Waals surface area contributed by atoms with Gasteiger partial charge in [-0.1, -0.05) is 19.1 Å². The van der Waals surface area contributed by atoms with E-state index in [-0.39, 0.29) is 0 Å². The van der Waals surface area contributed by atoms with E-state index in [9.17, 15) is 0 Å². The van der Waals surface area contributed by atoms with E-state index in [0.29, 0.717) is 12.1 Å². The molecule has 1 fully saturated rings. The zero-order valence-corrected chi connectivity index (χ0v) is 8.80. The highest BCUT2D eigenvalue weighted by atomic mass is 15.2. The minimum atomic E-state index is 0.639. The lowest BCUT2D eigenvalue weighted by atomic mass is 10.0. The van der Waals surface area contributed by atoms with Crippen molar-refractivity contribution < 1.29 is 0 Å². The largest absolute Gasteiger partial charge is 0.294 e. The van der Waals surface area contributed by atoms with Crippen molar-refractivity contribution >= 4 is 0 Å². The quantitative estimate of drug-likeness (QED) is 0.572. The van der Waals surface area contributed by atoms with E-state index < -0.39 is 0 Å². The Hall–Kier alpha value is -0.300. The van der Waals surface area contributed by atoms with Crippen LogP contribution >= 0.6 is 0 Å². The fraction of sp³-hybridized carbons (Fsp3) is 0.818. The molecule has 0 saturated carbocycles. The fourth-order valence-electron chi connectivity index (χ4n) is 2.13. The molecule has 1 unspecified atom stereocenters. The minimum absolute atomic E-state index is 0.639. The van der Waals surface area contributed by atoms with Crippen molar-refractivity contribution in [1.29, 1.82) is 0 Å². The lowest BCUT2D eigenvalue weighted by Gasteiger charge is -2.28. The molecule has 1 rings (SSSR count). The summed E-state index contributed by atoms with van der Waals surface area (Å²) in [5.41, 5.74) is 1.33. The molecule has 0 amide bonds. The standard InChI is InChI=1S/C11H21N/c1-8(2)11-6-10(5)7-12(11)9(3)4/h9-11H,1,6-7H2,2-5H3/t10?,11-/m0/s1. The average molecular weight is 167 g/mol. The number of rotatable bonds is 2. The summed E-state index contributed by atoms with van der Waals surface area (Å²) in [7, 11) is 0. The maximum atomic E-state index is 4.06. The van der Waals surface area contributed by atoms with Crippen molar-refractivity contribution in [3.63, 3.8) is 0 Å². The molecule has 12 heavy (non-hydrogen) atoms. The number of hydrogen-bond acceptors (Lipinski definition) is 1. The highest BCUT2D eigenvalue weighted by Gasteiger charge is 2.31. The summed E-state index contributed by atoms with van der Waals surface area (Å²) < 4.78 is 0. The maximum Gasteiger partial charge on any atom is 0.0308 e. The van der Waals surface area contributed by atoms with Crippen LogP contribution < -0.4 is 0 Å². The molecule has 1 heterocycles. The van der Waals surface area contributed by atoms with Gasteiger partial charge in [-0.2, -0.15) is 0 Å².